The third-order valence-corrected chi connectivity index (χ3v) is 1.66. The first kappa shape index (κ1) is 13.7. The quantitative estimate of drug-likeness (QED) is 0.552. The Morgan fingerprint density at radius 1 is 1.40 bits per heavy atom. The van der Waals surface area contributed by atoms with Gasteiger partial charge in [0.05, 0.1) is 6.61 Å². The van der Waals surface area contributed by atoms with E-state index in [1.165, 1.54) is 0 Å². The van der Waals surface area contributed by atoms with Gasteiger partial charge in [-0.2, -0.15) is 0 Å². The van der Waals surface area contributed by atoms with Gasteiger partial charge in [-0.25, -0.2) is 10.3 Å². The standard InChI is InChI=1S/C9H19N3O3/c1-4-15-12-8(13)7(5-6(2)3)11-9(10)14/h6-7H,4-5H2,1-3H3,(H,12,13)(H3,10,11,14). The predicted molar refractivity (Wildman–Crippen MR) is 55.7 cm³/mol. The number of nitrogens with one attached hydrogen (secondary N) is 2. The molecule has 0 saturated heterocycles. The van der Waals surface area contributed by atoms with Gasteiger partial charge >= 0.3 is 6.03 Å². The second kappa shape index (κ2) is 7.05. The highest BCUT2D eigenvalue weighted by Crippen LogP contribution is 2.04. The second-order valence-electron chi connectivity index (χ2n) is 3.59. The fraction of sp³-hybridized carbons (Fsp3) is 0.778. The highest BCUT2D eigenvalue weighted by molar-refractivity contribution is 5.85. The molecule has 0 fully saturated rings. The van der Waals surface area contributed by atoms with E-state index in [4.69, 9.17) is 10.6 Å². The van der Waals surface area contributed by atoms with Crippen LogP contribution in [-0.4, -0.2) is 24.6 Å². The van der Waals surface area contributed by atoms with Crippen LogP contribution < -0.4 is 16.5 Å². The van der Waals surface area contributed by atoms with Crippen LogP contribution in [0.15, 0.2) is 0 Å². The van der Waals surface area contributed by atoms with E-state index in [0.717, 1.165) is 0 Å². The van der Waals surface area contributed by atoms with E-state index in [-0.39, 0.29) is 11.8 Å². The molecule has 1 atom stereocenters. The van der Waals surface area contributed by atoms with Crippen LogP contribution in [0.25, 0.3) is 0 Å². The number of primary amides is 1. The number of carbonyl (C=O) groups excluding carboxylic acids is 2. The lowest BCUT2D eigenvalue weighted by molar-refractivity contribution is -0.135. The summed E-state index contributed by atoms with van der Waals surface area (Å²) in [6, 6.07) is -1.36. The first-order chi connectivity index (χ1) is 6.97. The molecule has 0 saturated carbocycles. The number of hydroxylamine groups is 1. The molecule has 0 aliphatic carbocycles. The Bertz CT molecular complexity index is 219. The van der Waals surface area contributed by atoms with Gasteiger partial charge in [0.1, 0.15) is 6.04 Å². The molecule has 0 aromatic rings. The van der Waals surface area contributed by atoms with Crippen molar-refractivity contribution in [1.29, 1.82) is 0 Å². The predicted octanol–water partition coefficient (Wildman–Crippen LogP) is 0.137. The first-order valence-corrected chi connectivity index (χ1v) is 4.95. The van der Waals surface area contributed by atoms with Crippen LogP contribution in [0.5, 0.6) is 0 Å². The Balaban J connectivity index is 4.20. The Hall–Kier alpha value is -1.30. The fourth-order valence-electron chi connectivity index (χ4n) is 1.09. The maximum absolute atomic E-state index is 11.5. The summed E-state index contributed by atoms with van der Waals surface area (Å²) in [7, 11) is 0. The van der Waals surface area contributed by atoms with Crippen LogP contribution in [-0.2, 0) is 9.63 Å². The first-order valence-electron chi connectivity index (χ1n) is 4.95. The minimum atomic E-state index is -0.715. The van der Waals surface area contributed by atoms with Crippen molar-refractivity contribution in [2.75, 3.05) is 6.61 Å². The molecule has 0 spiro atoms. The summed E-state index contributed by atoms with van der Waals surface area (Å²) in [5, 5.41) is 2.37. The molecular weight excluding hydrogens is 198 g/mol. The van der Waals surface area contributed by atoms with Crippen molar-refractivity contribution in [3.63, 3.8) is 0 Å². The zero-order valence-electron chi connectivity index (χ0n) is 9.37. The Morgan fingerprint density at radius 3 is 2.40 bits per heavy atom. The SMILES string of the molecule is CCONC(=O)C(CC(C)C)NC(N)=O. The minimum Gasteiger partial charge on any atom is -0.352 e. The molecule has 4 N–H and O–H groups in total. The topological polar surface area (TPSA) is 93.4 Å². The highest BCUT2D eigenvalue weighted by atomic mass is 16.6. The van der Waals surface area contributed by atoms with Crippen LogP contribution in [0, 0.1) is 5.92 Å². The Kier molecular flexibility index (Phi) is 6.44. The van der Waals surface area contributed by atoms with Gasteiger partial charge in [0.25, 0.3) is 5.91 Å². The number of hydrogen-bond acceptors (Lipinski definition) is 3. The van der Waals surface area contributed by atoms with Gasteiger partial charge in [-0.15, -0.1) is 0 Å². The number of rotatable bonds is 6. The fourth-order valence-corrected chi connectivity index (χ4v) is 1.09. The van der Waals surface area contributed by atoms with Crippen LogP contribution in [0.1, 0.15) is 27.2 Å². The summed E-state index contributed by atoms with van der Waals surface area (Å²) in [5.41, 5.74) is 7.20. The van der Waals surface area contributed by atoms with E-state index in [9.17, 15) is 9.59 Å². The zero-order valence-corrected chi connectivity index (χ0v) is 9.37. The zero-order chi connectivity index (χ0) is 11.8. The summed E-state index contributed by atoms with van der Waals surface area (Å²) in [5.74, 6) is -0.112. The number of carbonyl (C=O) groups is 2. The lowest BCUT2D eigenvalue weighted by Gasteiger charge is -2.18. The van der Waals surface area contributed by atoms with Crippen LogP contribution in [0.2, 0.25) is 0 Å². The Labute approximate surface area is 89.5 Å². The minimum absolute atomic E-state index is 0.272. The average Bonchev–Trinajstić information content (AvgIpc) is 2.11. The maximum Gasteiger partial charge on any atom is 0.312 e. The Morgan fingerprint density at radius 2 is 2.00 bits per heavy atom. The number of nitrogens with two attached hydrogens (primary N) is 1. The third-order valence-electron chi connectivity index (χ3n) is 1.66. The van der Waals surface area contributed by atoms with Gasteiger partial charge < -0.3 is 11.1 Å². The number of amides is 3. The molecule has 0 aromatic carbocycles. The van der Waals surface area contributed by atoms with Crippen LogP contribution in [0.3, 0.4) is 0 Å². The third kappa shape index (κ3) is 6.73. The molecule has 0 aliphatic heterocycles. The summed E-state index contributed by atoms with van der Waals surface area (Å²) in [6.45, 7) is 6.02. The average molecular weight is 217 g/mol. The second-order valence-corrected chi connectivity index (χ2v) is 3.59. The van der Waals surface area contributed by atoms with Gasteiger partial charge in [0, 0.05) is 0 Å². The van der Waals surface area contributed by atoms with Crippen molar-refractivity contribution < 1.29 is 14.4 Å². The summed E-state index contributed by atoms with van der Waals surface area (Å²) in [4.78, 5) is 26.9. The van der Waals surface area contributed by atoms with Crippen molar-refractivity contribution in [2.24, 2.45) is 11.7 Å². The molecule has 88 valence electrons. The van der Waals surface area contributed by atoms with E-state index in [2.05, 4.69) is 10.8 Å². The monoisotopic (exact) mass is 217 g/mol. The van der Waals surface area contributed by atoms with Crippen molar-refractivity contribution in [1.82, 2.24) is 10.8 Å². The van der Waals surface area contributed by atoms with E-state index in [1.54, 1.807) is 6.92 Å². The number of hydrogen-bond donors (Lipinski definition) is 3. The molecule has 0 bridgehead atoms. The molecule has 0 heterocycles. The molecular formula is C9H19N3O3. The molecule has 6 heteroatoms. The molecule has 0 aliphatic rings. The van der Waals surface area contributed by atoms with E-state index >= 15 is 0 Å². The van der Waals surface area contributed by atoms with E-state index in [0.29, 0.717) is 13.0 Å². The summed E-state index contributed by atoms with van der Waals surface area (Å²) < 4.78 is 0. The largest absolute Gasteiger partial charge is 0.352 e. The van der Waals surface area contributed by atoms with Crippen LogP contribution >= 0.6 is 0 Å². The van der Waals surface area contributed by atoms with E-state index < -0.39 is 12.1 Å². The molecule has 0 aromatic heterocycles. The summed E-state index contributed by atoms with van der Waals surface area (Å²) >= 11 is 0. The van der Waals surface area contributed by atoms with Crippen molar-refractivity contribution in [2.45, 2.75) is 33.2 Å². The van der Waals surface area contributed by atoms with Crippen molar-refractivity contribution >= 4 is 11.9 Å². The van der Waals surface area contributed by atoms with Crippen molar-refractivity contribution in [3.8, 4) is 0 Å². The van der Waals surface area contributed by atoms with Gasteiger partial charge in [-0.1, -0.05) is 13.8 Å². The molecule has 15 heavy (non-hydrogen) atoms. The molecule has 1 unspecified atom stereocenters. The van der Waals surface area contributed by atoms with Crippen molar-refractivity contribution in [3.05, 3.63) is 0 Å². The van der Waals surface area contributed by atoms with Gasteiger partial charge in [0.15, 0.2) is 0 Å². The molecule has 6 nitrogen and oxygen atoms in total. The highest BCUT2D eigenvalue weighted by Gasteiger charge is 2.20. The summed E-state index contributed by atoms with van der Waals surface area (Å²) in [6.07, 6.45) is 0.516. The number of urea groups is 1. The lowest BCUT2D eigenvalue weighted by atomic mass is 10.0. The van der Waals surface area contributed by atoms with E-state index in [1.807, 2.05) is 13.8 Å². The van der Waals surface area contributed by atoms with Gasteiger partial charge in [0.2, 0.25) is 0 Å². The molecule has 3 amide bonds. The normalized spacial score (nSPS) is 12.3. The lowest BCUT2D eigenvalue weighted by Crippen LogP contribution is -2.49. The smallest absolute Gasteiger partial charge is 0.312 e. The van der Waals surface area contributed by atoms with Gasteiger partial charge in [-0.05, 0) is 19.3 Å². The van der Waals surface area contributed by atoms with Gasteiger partial charge in [-0.3, -0.25) is 9.63 Å². The maximum atomic E-state index is 11.5. The molecule has 0 radical (unpaired) electrons. The molecule has 0 rings (SSSR count). The van der Waals surface area contributed by atoms with Crippen LogP contribution in [0.4, 0.5) is 4.79 Å².